The third-order valence-corrected chi connectivity index (χ3v) is 6.78. The summed E-state index contributed by atoms with van der Waals surface area (Å²) in [4.78, 5) is 24.0. The topological polar surface area (TPSA) is 125 Å². The highest BCUT2D eigenvalue weighted by Crippen LogP contribution is 2.27. The number of hydrogen-bond donors (Lipinski definition) is 3. The Morgan fingerprint density at radius 2 is 2.07 bits per heavy atom. The van der Waals surface area contributed by atoms with E-state index in [1.54, 1.807) is 24.4 Å². The minimum atomic E-state index is -3.56. The van der Waals surface area contributed by atoms with Gasteiger partial charge in [0, 0.05) is 36.7 Å². The largest absolute Gasteiger partial charge is 0.389 e. The molecule has 2 amide bonds. The minimum absolute atomic E-state index is 0.156. The van der Waals surface area contributed by atoms with Gasteiger partial charge in [-0.2, -0.15) is 4.37 Å². The van der Waals surface area contributed by atoms with Crippen molar-refractivity contribution in [3.63, 3.8) is 0 Å². The maximum absolute atomic E-state index is 14.3. The summed E-state index contributed by atoms with van der Waals surface area (Å²) >= 11 is 1.31. The van der Waals surface area contributed by atoms with E-state index in [0.717, 1.165) is 10.1 Å². The number of alkyl halides is 1. The fraction of sp³-hybridized carbons (Fsp3) is 0.438. The van der Waals surface area contributed by atoms with E-state index in [4.69, 9.17) is 0 Å². The number of rotatable bonds is 6. The molecule has 0 aliphatic carbocycles. The van der Waals surface area contributed by atoms with Crippen LogP contribution in [0.2, 0.25) is 0 Å². The lowest BCUT2D eigenvalue weighted by atomic mass is 10.1. The van der Waals surface area contributed by atoms with Crippen LogP contribution in [0.15, 0.2) is 24.4 Å². The number of halogens is 1. The van der Waals surface area contributed by atoms with Gasteiger partial charge in [0.1, 0.15) is 0 Å². The van der Waals surface area contributed by atoms with Crippen LogP contribution in [0.1, 0.15) is 16.8 Å². The molecule has 8 nitrogen and oxygen atoms in total. The molecule has 0 bridgehead atoms. The second-order valence-corrected chi connectivity index (χ2v) is 9.48. The fourth-order valence-electron chi connectivity index (χ4n) is 2.76. The second kappa shape index (κ2) is 7.49. The smallest absolute Gasteiger partial charge is 0.258 e. The molecule has 0 spiro atoms. The van der Waals surface area contributed by atoms with E-state index < -0.39 is 45.6 Å². The van der Waals surface area contributed by atoms with Gasteiger partial charge in [0.25, 0.3) is 11.8 Å². The number of aliphatic hydroxyl groups excluding tert-OH is 1. The van der Waals surface area contributed by atoms with E-state index in [0.29, 0.717) is 5.56 Å². The van der Waals surface area contributed by atoms with Crippen LogP contribution in [0.3, 0.4) is 0 Å². The van der Waals surface area contributed by atoms with Crippen molar-refractivity contribution < 1.29 is 27.5 Å². The highest BCUT2D eigenvalue weighted by atomic mass is 32.2. The van der Waals surface area contributed by atoms with Crippen molar-refractivity contribution in [3.8, 4) is 0 Å². The number of aliphatic hydroxyl groups is 1. The zero-order chi connectivity index (χ0) is 19.7. The van der Waals surface area contributed by atoms with E-state index in [-0.39, 0.29) is 18.8 Å². The van der Waals surface area contributed by atoms with Gasteiger partial charge in [-0.3, -0.25) is 9.59 Å². The van der Waals surface area contributed by atoms with Gasteiger partial charge < -0.3 is 15.7 Å². The van der Waals surface area contributed by atoms with Crippen molar-refractivity contribution in [1.29, 1.82) is 0 Å². The van der Waals surface area contributed by atoms with E-state index >= 15 is 0 Å². The normalized spacial score (nSPS) is 22.4. The van der Waals surface area contributed by atoms with Crippen molar-refractivity contribution in [2.75, 3.05) is 24.6 Å². The Balaban J connectivity index is 1.47. The summed E-state index contributed by atoms with van der Waals surface area (Å²) in [6.45, 7) is -0.463. The van der Waals surface area contributed by atoms with Gasteiger partial charge >= 0.3 is 0 Å². The van der Waals surface area contributed by atoms with Crippen molar-refractivity contribution >= 4 is 43.3 Å². The molecule has 27 heavy (non-hydrogen) atoms. The molecule has 1 aromatic carbocycles. The predicted octanol–water partition coefficient (Wildman–Crippen LogP) is 0.0300. The summed E-state index contributed by atoms with van der Waals surface area (Å²) in [6, 6.07) is 5.09. The van der Waals surface area contributed by atoms with Crippen molar-refractivity contribution in [2.45, 2.75) is 18.2 Å². The number of carbonyl (C=O) groups excluding carboxylic acids is 2. The van der Waals surface area contributed by atoms with Gasteiger partial charge in [-0.25, -0.2) is 12.8 Å². The minimum Gasteiger partial charge on any atom is -0.389 e. The molecule has 1 fully saturated rings. The number of hydrogen-bond acceptors (Lipinski definition) is 7. The number of fused-ring (bicyclic) bond motifs is 1. The molecule has 3 N–H and O–H groups in total. The van der Waals surface area contributed by atoms with Gasteiger partial charge in [0.2, 0.25) is 5.67 Å². The molecular formula is C16H18FN3O5S2. The lowest BCUT2D eigenvalue weighted by molar-refractivity contribution is -0.131. The maximum Gasteiger partial charge on any atom is 0.258 e. The van der Waals surface area contributed by atoms with Crippen molar-refractivity contribution in [3.05, 3.63) is 30.0 Å². The van der Waals surface area contributed by atoms with Crippen LogP contribution in [-0.4, -0.2) is 66.1 Å². The molecule has 2 aromatic rings. The summed E-state index contributed by atoms with van der Waals surface area (Å²) in [6.07, 6.45) is 0.108. The molecule has 11 heteroatoms. The van der Waals surface area contributed by atoms with Crippen molar-refractivity contribution in [2.24, 2.45) is 0 Å². The van der Waals surface area contributed by atoms with Gasteiger partial charge in [-0.15, -0.1) is 0 Å². The Kier molecular flexibility index (Phi) is 5.45. The molecule has 1 aliphatic heterocycles. The Bertz CT molecular complexity index is 977. The highest BCUT2D eigenvalue weighted by Gasteiger charge is 2.48. The zero-order valence-corrected chi connectivity index (χ0v) is 15.8. The second-order valence-electron chi connectivity index (χ2n) is 6.46. The lowest BCUT2D eigenvalue weighted by Crippen LogP contribution is -2.48. The van der Waals surface area contributed by atoms with E-state index in [9.17, 15) is 27.5 Å². The summed E-state index contributed by atoms with van der Waals surface area (Å²) in [5, 5.41) is 15.4. The van der Waals surface area contributed by atoms with Gasteiger partial charge in [-0.1, -0.05) is 0 Å². The summed E-state index contributed by atoms with van der Waals surface area (Å²) in [5.74, 6) is -2.69. The van der Waals surface area contributed by atoms with Gasteiger partial charge in [-0.05, 0) is 29.7 Å². The van der Waals surface area contributed by atoms with Crippen LogP contribution in [0.5, 0.6) is 0 Å². The van der Waals surface area contributed by atoms with E-state index in [1.807, 2.05) is 0 Å². The molecule has 0 saturated carbocycles. The van der Waals surface area contributed by atoms with Gasteiger partial charge in [0.15, 0.2) is 9.84 Å². The fourth-order valence-corrected chi connectivity index (χ4v) is 5.13. The molecular weight excluding hydrogens is 397 g/mol. The first-order valence-corrected chi connectivity index (χ1v) is 10.8. The highest BCUT2D eigenvalue weighted by molar-refractivity contribution is 7.91. The molecule has 2 atom stereocenters. The third kappa shape index (κ3) is 4.60. The Hall–Kier alpha value is -2.11. The molecule has 3 rings (SSSR count). The first kappa shape index (κ1) is 19.6. The molecule has 1 saturated heterocycles. The summed E-state index contributed by atoms with van der Waals surface area (Å²) < 4.78 is 42.0. The molecule has 0 radical (unpaired) electrons. The van der Waals surface area contributed by atoms with Crippen LogP contribution >= 0.6 is 11.5 Å². The van der Waals surface area contributed by atoms with Crippen LogP contribution in [0.25, 0.3) is 10.1 Å². The first-order chi connectivity index (χ1) is 12.7. The number of sulfone groups is 1. The van der Waals surface area contributed by atoms with Crippen LogP contribution in [0, 0.1) is 0 Å². The average molecular weight is 415 g/mol. The maximum atomic E-state index is 14.3. The van der Waals surface area contributed by atoms with E-state index in [2.05, 4.69) is 15.0 Å². The van der Waals surface area contributed by atoms with Gasteiger partial charge in [0.05, 0.1) is 22.3 Å². The number of amides is 2. The zero-order valence-electron chi connectivity index (χ0n) is 14.1. The molecule has 2 unspecified atom stereocenters. The number of carbonyl (C=O) groups is 2. The summed E-state index contributed by atoms with van der Waals surface area (Å²) in [5.41, 5.74) is -2.07. The van der Waals surface area contributed by atoms with Crippen LogP contribution < -0.4 is 10.6 Å². The molecule has 1 aromatic heterocycles. The predicted molar refractivity (Wildman–Crippen MR) is 98.1 cm³/mol. The van der Waals surface area contributed by atoms with E-state index in [1.165, 1.54) is 11.5 Å². The quantitative estimate of drug-likeness (QED) is 0.611. The number of nitrogens with one attached hydrogen (secondary N) is 2. The average Bonchev–Trinajstić information content (AvgIpc) is 3.20. The Labute approximate surface area is 158 Å². The Morgan fingerprint density at radius 3 is 2.78 bits per heavy atom. The SMILES string of the molecule is O=C(NCC(O)CNC(=O)C1(F)CCS(=O)(=O)C1)c1ccc2sncc2c1. The number of benzene rings is 1. The van der Waals surface area contributed by atoms with Crippen LogP contribution in [-0.2, 0) is 14.6 Å². The number of nitrogens with zero attached hydrogens (tertiary/aromatic N) is 1. The molecule has 1 aliphatic rings. The monoisotopic (exact) mass is 415 g/mol. The van der Waals surface area contributed by atoms with Crippen molar-refractivity contribution in [1.82, 2.24) is 15.0 Å². The lowest BCUT2D eigenvalue weighted by Gasteiger charge is -2.19. The Morgan fingerprint density at radius 1 is 1.33 bits per heavy atom. The first-order valence-electron chi connectivity index (χ1n) is 8.17. The molecule has 146 valence electrons. The standard InChI is InChI=1S/C16H18FN3O5S2/c17-16(3-4-27(24,25)9-16)15(23)19-8-12(21)7-18-14(22)10-1-2-13-11(5-10)6-20-26-13/h1-2,5-6,12,21H,3-4,7-9H2,(H,18,22)(H,19,23). The van der Waals surface area contributed by atoms with Crippen LogP contribution in [0.4, 0.5) is 4.39 Å². The third-order valence-electron chi connectivity index (χ3n) is 4.28. The molecule has 2 heterocycles. The summed E-state index contributed by atoms with van der Waals surface area (Å²) in [7, 11) is -3.56. The number of aromatic nitrogens is 1.